The van der Waals surface area contributed by atoms with Crippen LogP contribution in [0.4, 0.5) is 0 Å². The van der Waals surface area contributed by atoms with E-state index in [1.54, 1.807) is 0 Å². The minimum absolute atomic E-state index is 0. The van der Waals surface area contributed by atoms with E-state index in [4.69, 9.17) is 5.73 Å². The quantitative estimate of drug-likeness (QED) is 0.860. The first-order valence-corrected chi connectivity index (χ1v) is 6.53. The Morgan fingerprint density at radius 3 is 2.26 bits per heavy atom. The van der Waals surface area contributed by atoms with Gasteiger partial charge in [0.15, 0.2) is 0 Å². The van der Waals surface area contributed by atoms with E-state index in [-0.39, 0.29) is 29.8 Å². The summed E-state index contributed by atoms with van der Waals surface area (Å²) in [5.74, 6) is 0.100. The van der Waals surface area contributed by atoms with Crippen molar-refractivity contribution in [3.63, 3.8) is 0 Å². The summed E-state index contributed by atoms with van der Waals surface area (Å²) >= 11 is 0. The number of likely N-dealkylation sites (tertiary alicyclic amines) is 1. The van der Waals surface area contributed by atoms with Crippen LogP contribution in [0.2, 0.25) is 0 Å². The number of nitrogens with two attached hydrogens (primary N) is 1. The van der Waals surface area contributed by atoms with Crippen LogP contribution in [-0.2, 0) is 5.41 Å². The predicted molar refractivity (Wildman–Crippen MR) is 80.9 cm³/mol. The number of nitrogens with zero attached hydrogens (tertiary/aromatic N) is 1. The van der Waals surface area contributed by atoms with Gasteiger partial charge in [-0.2, -0.15) is 0 Å². The zero-order valence-electron chi connectivity index (χ0n) is 11.8. The summed E-state index contributed by atoms with van der Waals surface area (Å²) in [5, 5.41) is 0. The maximum Gasteiger partial charge on any atom is 0.253 e. The lowest BCUT2D eigenvalue weighted by Gasteiger charge is -2.20. The van der Waals surface area contributed by atoms with E-state index in [1.807, 2.05) is 29.2 Å². The van der Waals surface area contributed by atoms with Crippen molar-refractivity contribution in [1.82, 2.24) is 4.90 Å². The average molecular weight is 283 g/mol. The molecule has 1 atom stereocenters. The van der Waals surface area contributed by atoms with Crippen molar-refractivity contribution in [3.8, 4) is 0 Å². The minimum Gasteiger partial charge on any atom is -0.337 e. The molecule has 1 heterocycles. The molecule has 3 nitrogen and oxygen atoms in total. The van der Waals surface area contributed by atoms with Crippen LogP contribution in [0.1, 0.15) is 43.1 Å². The molecule has 19 heavy (non-hydrogen) atoms. The molecule has 2 N–H and O–H groups in total. The zero-order chi connectivity index (χ0) is 13.3. The molecule has 0 aliphatic carbocycles. The summed E-state index contributed by atoms with van der Waals surface area (Å²) in [4.78, 5) is 14.1. The molecule has 0 saturated carbocycles. The van der Waals surface area contributed by atoms with Gasteiger partial charge in [-0.25, -0.2) is 0 Å². The third-order valence-corrected chi connectivity index (χ3v) is 3.51. The monoisotopic (exact) mass is 282 g/mol. The van der Waals surface area contributed by atoms with Crippen LogP contribution >= 0.6 is 12.4 Å². The average Bonchev–Trinajstić information content (AvgIpc) is 2.74. The topological polar surface area (TPSA) is 46.3 Å². The van der Waals surface area contributed by atoms with Crippen LogP contribution in [0.3, 0.4) is 0 Å². The lowest BCUT2D eigenvalue weighted by molar-refractivity contribution is 0.0791. The number of amides is 1. The van der Waals surface area contributed by atoms with Crippen molar-refractivity contribution in [3.05, 3.63) is 35.4 Å². The third kappa shape index (κ3) is 3.71. The van der Waals surface area contributed by atoms with Crippen LogP contribution in [0.15, 0.2) is 24.3 Å². The number of carbonyl (C=O) groups excluding carboxylic acids is 1. The molecule has 106 valence electrons. The fraction of sp³-hybridized carbons (Fsp3) is 0.533. The summed E-state index contributed by atoms with van der Waals surface area (Å²) in [6.45, 7) is 7.97. The highest BCUT2D eigenvalue weighted by Crippen LogP contribution is 2.23. The summed E-state index contributed by atoms with van der Waals surface area (Å²) in [6.07, 6.45) is 0.909. The molecule has 4 heteroatoms. The number of benzene rings is 1. The van der Waals surface area contributed by atoms with Crippen molar-refractivity contribution in [2.45, 2.75) is 38.6 Å². The Kier molecular flexibility index (Phi) is 4.99. The molecule has 0 bridgehead atoms. The van der Waals surface area contributed by atoms with Gasteiger partial charge < -0.3 is 10.6 Å². The lowest BCUT2D eigenvalue weighted by Crippen LogP contribution is -2.31. The highest BCUT2D eigenvalue weighted by molar-refractivity contribution is 5.94. The van der Waals surface area contributed by atoms with Crippen molar-refractivity contribution in [1.29, 1.82) is 0 Å². The maximum atomic E-state index is 12.2. The normalized spacial score (nSPS) is 19.2. The SMILES string of the molecule is CC(C)(C)c1ccc(C(=O)N2CC[C@@H](N)C2)cc1.Cl. The van der Waals surface area contributed by atoms with Crippen LogP contribution in [0.25, 0.3) is 0 Å². The molecule has 1 aliphatic rings. The van der Waals surface area contributed by atoms with Crippen molar-refractivity contribution >= 4 is 18.3 Å². The Morgan fingerprint density at radius 1 is 1.26 bits per heavy atom. The Balaban J connectivity index is 0.00000180. The van der Waals surface area contributed by atoms with Crippen molar-refractivity contribution < 1.29 is 4.79 Å². The van der Waals surface area contributed by atoms with E-state index in [0.29, 0.717) is 6.54 Å². The molecule has 1 aliphatic heterocycles. The second kappa shape index (κ2) is 5.93. The van der Waals surface area contributed by atoms with Crippen molar-refractivity contribution in [2.24, 2.45) is 5.73 Å². The fourth-order valence-corrected chi connectivity index (χ4v) is 2.27. The molecule has 1 aromatic rings. The summed E-state index contributed by atoms with van der Waals surface area (Å²) in [6, 6.07) is 8.08. The Hall–Kier alpha value is -1.06. The van der Waals surface area contributed by atoms with Gasteiger partial charge in [-0.05, 0) is 29.5 Å². The van der Waals surface area contributed by atoms with E-state index in [2.05, 4.69) is 20.8 Å². The second-order valence-corrected chi connectivity index (χ2v) is 6.13. The first-order chi connectivity index (χ1) is 8.38. The molecule has 1 aromatic carbocycles. The van der Waals surface area contributed by atoms with Gasteiger partial charge in [0.25, 0.3) is 5.91 Å². The minimum atomic E-state index is 0. The first-order valence-electron chi connectivity index (χ1n) is 6.53. The van der Waals surface area contributed by atoms with E-state index >= 15 is 0 Å². The Labute approximate surface area is 121 Å². The standard InChI is InChI=1S/C15H22N2O.ClH/c1-15(2,3)12-6-4-11(5-7-12)14(18)17-9-8-13(16)10-17;/h4-7,13H,8-10,16H2,1-3H3;1H/t13-;/m1./s1. The number of carbonyl (C=O) groups is 1. The smallest absolute Gasteiger partial charge is 0.253 e. The molecule has 0 unspecified atom stereocenters. The van der Waals surface area contributed by atoms with Crippen LogP contribution in [0, 0.1) is 0 Å². The fourth-order valence-electron chi connectivity index (χ4n) is 2.27. The van der Waals surface area contributed by atoms with Crippen LogP contribution in [0.5, 0.6) is 0 Å². The van der Waals surface area contributed by atoms with E-state index in [0.717, 1.165) is 18.5 Å². The predicted octanol–water partition coefficient (Wildman–Crippen LogP) is 2.58. The van der Waals surface area contributed by atoms with Gasteiger partial charge in [-0.3, -0.25) is 4.79 Å². The van der Waals surface area contributed by atoms with Gasteiger partial charge in [0.2, 0.25) is 0 Å². The molecular weight excluding hydrogens is 260 g/mol. The molecule has 1 amide bonds. The van der Waals surface area contributed by atoms with E-state index in [1.165, 1.54) is 5.56 Å². The molecule has 2 rings (SSSR count). The second-order valence-electron chi connectivity index (χ2n) is 6.13. The van der Waals surface area contributed by atoms with Gasteiger partial charge in [0, 0.05) is 24.7 Å². The van der Waals surface area contributed by atoms with Gasteiger partial charge in [-0.15, -0.1) is 12.4 Å². The molecule has 1 saturated heterocycles. The van der Waals surface area contributed by atoms with E-state index < -0.39 is 0 Å². The van der Waals surface area contributed by atoms with Gasteiger partial charge >= 0.3 is 0 Å². The van der Waals surface area contributed by atoms with Gasteiger partial charge in [0.1, 0.15) is 0 Å². The first kappa shape index (κ1) is 16.0. The number of hydrogen-bond donors (Lipinski definition) is 1. The van der Waals surface area contributed by atoms with Crippen molar-refractivity contribution in [2.75, 3.05) is 13.1 Å². The molecular formula is C15H23ClN2O. The largest absolute Gasteiger partial charge is 0.337 e. The van der Waals surface area contributed by atoms with E-state index in [9.17, 15) is 4.79 Å². The summed E-state index contributed by atoms with van der Waals surface area (Å²) in [7, 11) is 0. The lowest BCUT2D eigenvalue weighted by atomic mass is 9.86. The number of halogens is 1. The molecule has 0 radical (unpaired) electrons. The molecule has 1 fully saturated rings. The molecule has 0 aromatic heterocycles. The van der Waals surface area contributed by atoms with Crippen LogP contribution < -0.4 is 5.73 Å². The Bertz CT molecular complexity index is 436. The zero-order valence-corrected chi connectivity index (χ0v) is 12.7. The maximum absolute atomic E-state index is 12.2. The highest BCUT2D eigenvalue weighted by Gasteiger charge is 2.24. The van der Waals surface area contributed by atoms with Gasteiger partial charge in [0.05, 0.1) is 0 Å². The summed E-state index contributed by atoms with van der Waals surface area (Å²) in [5.41, 5.74) is 7.96. The third-order valence-electron chi connectivity index (χ3n) is 3.51. The highest BCUT2D eigenvalue weighted by atomic mass is 35.5. The van der Waals surface area contributed by atoms with Gasteiger partial charge in [-0.1, -0.05) is 32.9 Å². The van der Waals surface area contributed by atoms with Crippen LogP contribution in [-0.4, -0.2) is 29.9 Å². The molecule has 0 spiro atoms. The summed E-state index contributed by atoms with van der Waals surface area (Å²) < 4.78 is 0. The number of hydrogen-bond acceptors (Lipinski definition) is 2. The number of rotatable bonds is 1. The Morgan fingerprint density at radius 2 is 1.84 bits per heavy atom.